The number of halogens is 1. The van der Waals surface area contributed by atoms with Gasteiger partial charge in [-0.2, -0.15) is 0 Å². The second-order valence-electron chi connectivity index (χ2n) is 7.25. The third-order valence-electron chi connectivity index (χ3n) is 5.17. The minimum absolute atomic E-state index is 0.271. The highest BCUT2D eigenvalue weighted by Crippen LogP contribution is 2.24. The van der Waals surface area contributed by atoms with E-state index in [0.717, 1.165) is 49.4 Å². The lowest BCUT2D eigenvalue weighted by Crippen LogP contribution is -2.36. The Morgan fingerprint density at radius 3 is 2.60 bits per heavy atom. The molecule has 0 radical (unpaired) electrons. The molecule has 1 aliphatic heterocycles. The lowest BCUT2D eigenvalue weighted by Gasteiger charge is -2.23. The maximum Gasteiger partial charge on any atom is 0.329 e. The van der Waals surface area contributed by atoms with Gasteiger partial charge < -0.3 is 10.1 Å². The molecule has 0 saturated carbocycles. The average Bonchev–Trinajstić information content (AvgIpc) is 3.01. The predicted molar refractivity (Wildman–Crippen MR) is 117 cm³/mol. The molecule has 7 nitrogen and oxygen atoms in total. The lowest BCUT2D eigenvalue weighted by molar-refractivity contribution is 0.256. The summed E-state index contributed by atoms with van der Waals surface area (Å²) in [6, 6.07) is 14.4. The number of amides is 2. The van der Waals surface area contributed by atoms with E-state index in [4.69, 9.17) is 16.3 Å². The van der Waals surface area contributed by atoms with Crippen LogP contribution in [0.1, 0.15) is 30.7 Å². The molecule has 30 heavy (non-hydrogen) atoms. The lowest BCUT2D eigenvalue weighted by atomic mass is 10.2. The van der Waals surface area contributed by atoms with Gasteiger partial charge in [0.15, 0.2) is 0 Å². The Labute approximate surface area is 180 Å². The van der Waals surface area contributed by atoms with E-state index in [9.17, 15) is 4.79 Å². The van der Waals surface area contributed by atoms with E-state index in [1.54, 1.807) is 36.3 Å². The number of methoxy groups -OCH3 is 1. The summed E-state index contributed by atoms with van der Waals surface area (Å²) in [5.74, 6) is 2.27. The van der Waals surface area contributed by atoms with Gasteiger partial charge in [-0.25, -0.2) is 4.79 Å². The summed E-state index contributed by atoms with van der Waals surface area (Å²) >= 11 is 5.96. The summed E-state index contributed by atoms with van der Waals surface area (Å²) in [6.45, 7) is 1.17. The minimum atomic E-state index is -0.271. The SMILES string of the molecule is COc1ccc(CN(C(=O)Nc2ccc(Cl)cc2)c2nnc3n2CCCCC3)cc1. The second-order valence-corrected chi connectivity index (χ2v) is 7.69. The number of anilines is 2. The number of aromatic nitrogens is 3. The molecule has 0 saturated heterocycles. The Hall–Kier alpha value is -3.06. The number of hydrogen-bond donors (Lipinski definition) is 1. The van der Waals surface area contributed by atoms with Gasteiger partial charge in [0.2, 0.25) is 5.95 Å². The Balaban J connectivity index is 1.64. The maximum atomic E-state index is 13.3. The average molecular weight is 426 g/mol. The van der Waals surface area contributed by atoms with Gasteiger partial charge in [0.05, 0.1) is 13.7 Å². The predicted octanol–water partition coefficient (Wildman–Crippen LogP) is 4.91. The quantitative estimate of drug-likeness (QED) is 0.630. The van der Waals surface area contributed by atoms with E-state index < -0.39 is 0 Å². The third-order valence-corrected chi connectivity index (χ3v) is 5.42. The normalized spacial score (nSPS) is 13.3. The summed E-state index contributed by atoms with van der Waals surface area (Å²) in [6.07, 6.45) is 4.17. The van der Waals surface area contributed by atoms with Crippen molar-refractivity contribution in [1.82, 2.24) is 14.8 Å². The van der Waals surface area contributed by atoms with Crippen LogP contribution in [-0.2, 0) is 19.5 Å². The number of fused-ring (bicyclic) bond motifs is 1. The van der Waals surface area contributed by atoms with Crippen molar-refractivity contribution in [2.75, 3.05) is 17.3 Å². The van der Waals surface area contributed by atoms with Crippen molar-refractivity contribution >= 4 is 29.3 Å². The zero-order valence-corrected chi connectivity index (χ0v) is 17.6. The number of urea groups is 1. The first-order valence-electron chi connectivity index (χ1n) is 10.0. The van der Waals surface area contributed by atoms with E-state index in [2.05, 4.69) is 20.1 Å². The van der Waals surface area contributed by atoms with Crippen LogP contribution in [0.2, 0.25) is 5.02 Å². The highest BCUT2D eigenvalue weighted by molar-refractivity contribution is 6.30. The van der Waals surface area contributed by atoms with Crippen LogP contribution in [0.5, 0.6) is 5.75 Å². The molecule has 4 rings (SSSR count). The molecule has 2 heterocycles. The van der Waals surface area contributed by atoms with Gasteiger partial charge in [-0.1, -0.05) is 30.2 Å². The summed E-state index contributed by atoms with van der Waals surface area (Å²) < 4.78 is 7.31. The Bertz CT molecular complexity index is 1000. The molecule has 0 spiro atoms. The number of hydrogen-bond acceptors (Lipinski definition) is 4. The topological polar surface area (TPSA) is 72.3 Å². The molecule has 156 valence electrons. The minimum Gasteiger partial charge on any atom is -0.497 e. The summed E-state index contributed by atoms with van der Waals surface area (Å²) in [5.41, 5.74) is 1.63. The van der Waals surface area contributed by atoms with Gasteiger partial charge in [0, 0.05) is 23.7 Å². The van der Waals surface area contributed by atoms with Crippen LogP contribution in [0.25, 0.3) is 0 Å². The highest BCUT2D eigenvalue weighted by atomic mass is 35.5. The molecule has 1 aliphatic rings. The number of ether oxygens (including phenoxy) is 1. The number of carbonyl (C=O) groups excluding carboxylic acids is 1. The molecule has 1 N–H and O–H groups in total. The highest BCUT2D eigenvalue weighted by Gasteiger charge is 2.25. The number of aryl methyl sites for hydroxylation is 1. The van der Waals surface area contributed by atoms with Gasteiger partial charge in [-0.15, -0.1) is 10.2 Å². The first-order chi connectivity index (χ1) is 14.6. The van der Waals surface area contributed by atoms with Crippen LogP contribution in [0.4, 0.5) is 16.4 Å². The largest absolute Gasteiger partial charge is 0.497 e. The van der Waals surface area contributed by atoms with Crippen molar-refractivity contribution in [3.63, 3.8) is 0 Å². The van der Waals surface area contributed by atoms with Crippen molar-refractivity contribution in [3.8, 4) is 5.75 Å². The fraction of sp³-hybridized carbons (Fsp3) is 0.318. The Morgan fingerprint density at radius 2 is 1.87 bits per heavy atom. The molecule has 0 aliphatic carbocycles. The molecule has 0 unspecified atom stereocenters. The van der Waals surface area contributed by atoms with Crippen molar-refractivity contribution in [1.29, 1.82) is 0 Å². The van der Waals surface area contributed by atoms with Crippen molar-refractivity contribution in [2.24, 2.45) is 0 Å². The van der Waals surface area contributed by atoms with Crippen LogP contribution in [-0.4, -0.2) is 27.9 Å². The number of carbonyl (C=O) groups is 1. The fourth-order valence-corrected chi connectivity index (χ4v) is 3.67. The zero-order valence-electron chi connectivity index (χ0n) is 16.8. The molecule has 3 aromatic rings. The molecular formula is C22H24ClN5O2. The smallest absolute Gasteiger partial charge is 0.329 e. The van der Waals surface area contributed by atoms with E-state index in [0.29, 0.717) is 23.2 Å². The molecule has 8 heteroatoms. The molecule has 2 amide bonds. The molecule has 2 aromatic carbocycles. The van der Waals surface area contributed by atoms with Crippen molar-refractivity contribution < 1.29 is 9.53 Å². The molecule has 0 atom stereocenters. The van der Waals surface area contributed by atoms with Crippen LogP contribution >= 0.6 is 11.6 Å². The fourth-order valence-electron chi connectivity index (χ4n) is 3.54. The molecule has 0 fully saturated rings. The van der Waals surface area contributed by atoms with Gasteiger partial charge in [0.1, 0.15) is 11.6 Å². The number of nitrogens with zero attached hydrogens (tertiary/aromatic N) is 4. The summed E-state index contributed by atoms with van der Waals surface area (Å²) in [5, 5.41) is 12.3. The number of benzene rings is 2. The second kappa shape index (κ2) is 9.17. The number of rotatable bonds is 5. The van der Waals surface area contributed by atoms with Crippen LogP contribution in [0.3, 0.4) is 0 Å². The first-order valence-corrected chi connectivity index (χ1v) is 10.4. The first kappa shape index (κ1) is 20.2. The van der Waals surface area contributed by atoms with Gasteiger partial charge in [-0.05, 0) is 54.8 Å². The maximum absolute atomic E-state index is 13.3. The van der Waals surface area contributed by atoms with E-state index in [1.165, 1.54) is 0 Å². The Kier molecular flexibility index (Phi) is 6.18. The summed E-state index contributed by atoms with van der Waals surface area (Å²) in [4.78, 5) is 14.9. The van der Waals surface area contributed by atoms with Gasteiger partial charge in [0.25, 0.3) is 0 Å². The summed E-state index contributed by atoms with van der Waals surface area (Å²) in [7, 11) is 1.63. The number of nitrogens with one attached hydrogen (secondary N) is 1. The Morgan fingerprint density at radius 1 is 1.10 bits per heavy atom. The monoisotopic (exact) mass is 425 g/mol. The molecule has 0 bridgehead atoms. The standard InChI is InChI=1S/C22H24ClN5O2/c1-30-19-12-6-16(7-13-19)15-28(22(29)24-18-10-8-17(23)9-11-18)21-26-25-20-5-3-2-4-14-27(20)21/h6-13H,2-5,14-15H2,1H3,(H,24,29). The molecular weight excluding hydrogens is 402 g/mol. The van der Waals surface area contributed by atoms with Crippen LogP contribution in [0, 0.1) is 0 Å². The van der Waals surface area contributed by atoms with Crippen LogP contribution < -0.4 is 15.0 Å². The van der Waals surface area contributed by atoms with Gasteiger partial charge in [-0.3, -0.25) is 9.47 Å². The van der Waals surface area contributed by atoms with E-state index in [-0.39, 0.29) is 6.03 Å². The third kappa shape index (κ3) is 4.57. The van der Waals surface area contributed by atoms with E-state index in [1.807, 2.05) is 24.3 Å². The molecule has 1 aromatic heterocycles. The van der Waals surface area contributed by atoms with Crippen LogP contribution in [0.15, 0.2) is 48.5 Å². The van der Waals surface area contributed by atoms with E-state index >= 15 is 0 Å². The van der Waals surface area contributed by atoms with Crippen molar-refractivity contribution in [3.05, 3.63) is 64.9 Å². The van der Waals surface area contributed by atoms with Crippen molar-refractivity contribution in [2.45, 2.75) is 38.8 Å². The van der Waals surface area contributed by atoms with Gasteiger partial charge >= 0.3 is 6.03 Å². The zero-order chi connectivity index (χ0) is 20.9.